The van der Waals surface area contributed by atoms with Crippen molar-refractivity contribution in [3.05, 3.63) is 84.4 Å². The summed E-state index contributed by atoms with van der Waals surface area (Å²) in [6.07, 6.45) is 2.96. The lowest BCUT2D eigenvalue weighted by molar-refractivity contribution is 0.101. The van der Waals surface area contributed by atoms with E-state index in [2.05, 4.69) is 25.0 Å². The Kier molecular flexibility index (Phi) is 9.23. The zero-order chi connectivity index (χ0) is 30.3. The largest absolute Gasteiger partial charge is 0.497 e. The van der Waals surface area contributed by atoms with Gasteiger partial charge in [0.15, 0.2) is 5.82 Å². The van der Waals surface area contributed by atoms with E-state index in [4.69, 9.17) is 14.2 Å². The van der Waals surface area contributed by atoms with Crippen LogP contribution < -0.4 is 24.2 Å². The Bertz CT molecular complexity index is 1640. The standard InChI is InChI=1S/C29H31N5O7S/c1-29(2,3)19-10-12-23(13-11-19)42(37,38)34-25-24(41-22-9-5-8-21(17-22)39-4)28(40-16-15-35)33-26(32-25)27(36)31-20-7-6-14-30-18-20/h5-14,17-18,35H,15-16H2,1-4H3,(H,31,36)(H,32,33,34). The van der Waals surface area contributed by atoms with Gasteiger partial charge in [-0.2, -0.15) is 4.98 Å². The zero-order valence-corrected chi connectivity index (χ0v) is 24.3. The van der Waals surface area contributed by atoms with Crippen LogP contribution in [-0.2, 0) is 15.4 Å². The number of anilines is 2. The SMILES string of the molecule is COc1cccc(Oc2c(NS(=O)(=O)c3ccc(C(C)(C)C)cc3)nc(C(=O)Nc3cccnc3)nc2OCCO)c1. The molecule has 0 atom stereocenters. The van der Waals surface area contributed by atoms with Gasteiger partial charge < -0.3 is 24.6 Å². The normalized spacial score (nSPS) is 11.5. The number of aliphatic hydroxyl groups is 1. The number of amides is 1. The summed E-state index contributed by atoms with van der Waals surface area (Å²) < 4.78 is 46.3. The molecule has 0 aliphatic rings. The van der Waals surface area contributed by atoms with Crippen LogP contribution in [0.4, 0.5) is 11.5 Å². The van der Waals surface area contributed by atoms with Crippen molar-refractivity contribution in [1.29, 1.82) is 0 Å². The number of hydrogen-bond acceptors (Lipinski definition) is 10. The predicted molar refractivity (Wildman–Crippen MR) is 156 cm³/mol. The molecule has 0 spiro atoms. The number of aliphatic hydroxyl groups excluding tert-OH is 1. The van der Waals surface area contributed by atoms with Crippen LogP contribution in [0.1, 0.15) is 37.0 Å². The summed E-state index contributed by atoms with van der Waals surface area (Å²) in [5, 5.41) is 12.0. The molecule has 0 aliphatic heterocycles. The van der Waals surface area contributed by atoms with E-state index in [-0.39, 0.29) is 46.7 Å². The summed E-state index contributed by atoms with van der Waals surface area (Å²) in [4.78, 5) is 25.4. The van der Waals surface area contributed by atoms with Crippen LogP contribution in [-0.4, -0.2) is 54.7 Å². The molecule has 0 fully saturated rings. The second-order valence-corrected chi connectivity index (χ2v) is 11.6. The molecular weight excluding hydrogens is 562 g/mol. The molecule has 4 aromatic rings. The van der Waals surface area contributed by atoms with E-state index in [1.807, 2.05) is 20.8 Å². The summed E-state index contributed by atoms with van der Waals surface area (Å²) in [7, 11) is -2.75. The molecule has 3 N–H and O–H groups in total. The van der Waals surface area contributed by atoms with Crippen molar-refractivity contribution in [2.45, 2.75) is 31.1 Å². The summed E-state index contributed by atoms with van der Waals surface area (Å²) in [6.45, 7) is 5.44. The van der Waals surface area contributed by atoms with Gasteiger partial charge in [-0.3, -0.25) is 14.5 Å². The fourth-order valence-corrected chi connectivity index (χ4v) is 4.66. The third-order valence-electron chi connectivity index (χ3n) is 5.81. The van der Waals surface area contributed by atoms with E-state index in [9.17, 15) is 18.3 Å². The van der Waals surface area contributed by atoms with Crippen LogP contribution in [0.15, 0.2) is 78.0 Å². The lowest BCUT2D eigenvalue weighted by Gasteiger charge is -2.19. The highest BCUT2D eigenvalue weighted by atomic mass is 32.2. The van der Waals surface area contributed by atoms with E-state index in [1.165, 1.54) is 25.4 Å². The number of rotatable bonds is 11. The quantitative estimate of drug-likeness (QED) is 0.227. The van der Waals surface area contributed by atoms with Gasteiger partial charge in [-0.1, -0.05) is 39.0 Å². The van der Waals surface area contributed by atoms with Gasteiger partial charge in [0.2, 0.25) is 11.6 Å². The van der Waals surface area contributed by atoms with Gasteiger partial charge in [-0.15, -0.1) is 0 Å². The van der Waals surface area contributed by atoms with E-state index in [0.29, 0.717) is 11.4 Å². The van der Waals surface area contributed by atoms with Crippen LogP contribution in [0.3, 0.4) is 0 Å². The smallest absolute Gasteiger partial charge is 0.293 e. The molecule has 13 heteroatoms. The minimum absolute atomic E-state index is 0.0411. The van der Waals surface area contributed by atoms with E-state index in [1.54, 1.807) is 54.7 Å². The van der Waals surface area contributed by atoms with E-state index >= 15 is 0 Å². The number of carbonyl (C=O) groups excluding carboxylic acids is 1. The predicted octanol–water partition coefficient (Wildman–Crippen LogP) is 4.39. The number of hydrogen-bond donors (Lipinski definition) is 3. The number of ether oxygens (including phenoxy) is 3. The topological polar surface area (TPSA) is 162 Å². The summed E-state index contributed by atoms with van der Waals surface area (Å²) in [6, 6.07) is 16.2. The molecule has 0 radical (unpaired) electrons. The molecule has 0 saturated heterocycles. The maximum absolute atomic E-state index is 13.5. The second-order valence-electron chi connectivity index (χ2n) is 9.96. The molecule has 2 aromatic heterocycles. The van der Waals surface area contributed by atoms with Crippen molar-refractivity contribution >= 4 is 27.4 Å². The lowest BCUT2D eigenvalue weighted by atomic mass is 9.87. The third kappa shape index (κ3) is 7.50. The average molecular weight is 594 g/mol. The number of sulfonamides is 1. The molecule has 12 nitrogen and oxygen atoms in total. The van der Waals surface area contributed by atoms with Gasteiger partial charge in [0.25, 0.3) is 21.8 Å². The number of methoxy groups -OCH3 is 1. The molecule has 0 unspecified atom stereocenters. The number of pyridine rings is 1. The Balaban J connectivity index is 1.81. The minimum atomic E-state index is -4.23. The second kappa shape index (κ2) is 12.8. The highest BCUT2D eigenvalue weighted by Crippen LogP contribution is 2.38. The fraction of sp³-hybridized carbons (Fsp3) is 0.241. The highest BCUT2D eigenvalue weighted by molar-refractivity contribution is 7.92. The van der Waals surface area contributed by atoms with Crippen molar-refractivity contribution in [2.75, 3.05) is 30.4 Å². The average Bonchev–Trinajstić information content (AvgIpc) is 2.97. The van der Waals surface area contributed by atoms with Crippen LogP contribution in [0.2, 0.25) is 0 Å². The van der Waals surface area contributed by atoms with Crippen molar-refractivity contribution in [1.82, 2.24) is 15.0 Å². The first-order valence-corrected chi connectivity index (χ1v) is 14.3. The molecule has 0 saturated carbocycles. The molecule has 0 bridgehead atoms. The molecule has 4 rings (SSSR count). The Morgan fingerprint density at radius 1 is 1.00 bits per heavy atom. The highest BCUT2D eigenvalue weighted by Gasteiger charge is 2.27. The van der Waals surface area contributed by atoms with Gasteiger partial charge in [0.05, 0.1) is 30.5 Å². The number of carbonyl (C=O) groups is 1. The molecule has 220 valence electrons. The Labute approximate surface area is 243 Å². The maximum Gasteiger partial charge on any atom is 0.293 e. The van der Waals surface area contributed by atoms with Gasteiger partial charge in [-0.25, -0.2) is 13.4 Å². The van der Waals surface area contributed by atoms with Gasteiger partial charge in [0.1, 0.15) is 18.1 Å². The Hall–Kier alpha value is -4.75. The zero-order valence-electron chi connectivity index (χ0n) is 23.5. The van der Waals surface area contributed by atoms with E-state index < -0.39 is 21.8 Å². The lowest BCUT2D eigenvalue weighted by Crippen LogP contribution is -2.21. The van der Waals surface area contributed by atoms with Crippen LogP contribution >= 0.6 is 0 Å². The molecular formula is C29H31N5O7S. The van der Waals surface area contributed by atoms with Crippen LogP contribution in [0.5, 0.6) is 23.1 Å². The van der Waals surface area contributed by atoms with Crippen LogP contribution in [0, 0.1) is 0 Å². The maximum atomic E-state index is 13.5. The monoisotopic (exact) mass is 593 g/mol. The van der Waals surface area contributed by atoms with Crippen molar-refractivity contribution < 1.29 is 32.5 Å². The third-order valence-corrected chi connectivity index (χ3v) is 7.16. The molecule has 2 heterocycles. The van der Waals surface area contributed by atoms with Crippen molar-refractivity contribution in [3.8, 4) is 23.1 Å². The van der Waals surface area contributed by atoms with E-state index in [0.717, 1.165) is 5.56 Å². The van der Waals surface area contributed by atoms with Crippen LogP contribution in [0.25, 0.3) is 0 Å². The molecule has 0 aliphatic carbocycles. The molecule has 42 heavy (non-hydrogen) atoms. The minimum Gasteiger partial charge on any atom is -0.497 e. The van der Waals surface area contributed by atoms with Crippen molar-refractivity contribution in [2.24, 2.45) is 0 Å². The van der Waals surface area contributed by atoms with Gasteiger partial charge in [0, 0.05) is 12.3 Å². The molecule has 1 amide bonds. The van der Waals surface area contributed by atoms with Crippen molar-refractivity contribution in [3.63, 3.8) is 0 Å². The number of benzene rings is 2. The number of nitrogens with one attached hydrogen (secondary N) is 2. The molecule has 2 aromatic carbocycles. The summed E-state index contributed by atoms with van der Waals surface area (Å²) in [5.41, 5.74) is 1.12. The first-order valence-electron chi connectivity index (χ1n) is 12.8. The Morgan fingerprint density at radius 2 is 1.74 bits per heavy atom. The summed E-state index contributed by atoms with van der Waals surface area (Å²) >= 11 is 0. The van der Waals surface area contributed by atoms with Gasteiger partial charge >= 0.3 is 0 Å². The Morgan fingerprint density at radius 3 is 2.38 bits per heavy atom. The first kappa shape index (κ1) is 30.2. The summed E-state index contributed by atoms with van der Waals surface area (Å²) in [5.74, 6) is -1.35. The number of aromatic nitrogens is 3. The number of nitrogens with zero attached hydrogens (tertiary/aromatic N) is 3. The fourth-order valence-electron chi connectivity index (χ4n) is 3.66. The van der Waals surface area contributed by atoms with Gasteiger partial charge in [-0.05, 0) is 47.4 Å². The first-order chi connectivity index (χ1) is 20.0.